The van der Waals surface area contributed by atoms with Crippen LogP contribution in [0.4, 0.5) is 0 Å². The Labute approximate surface area is 209 Å². The summed E-state index contributed by atoms with van der Waals surface area (Å²) in [4.78, 5) is 25.4. The molecule has 4 rings (SSSR count). The van der Waals surface area contributed by atoms with Crippen LogP contribution < -0.4 is 10.9 Å². The van der Waals surface area contributed by atoms with Crippen molar-refractivity contribution in [2.75, 3.05) is 0 Å². The Hall–Kier alpha value is -2.50. The molecule has 0 unspecified atom stereocenters. The summed E-state index contributed by atoms with van der Waals surface area (Å²) < 4.78 is 5.36. The Balaban J connectivity index is 1.93. The number of halogens is 2. The summed E-state index contributed by atoms with van der Waals surface area (Å²) in [5.74, 6) is 0.654. The van der Waals surface area contributed by atoms with Gasteiger partial charge in [-0.15, -0.1) is 0 Å². The maximum Gasteiger partial charge on any atom is 0.280 e. The number of aromatic nitrogens is 1. The number of amides is 1. The lowest BCUT2D eigenvalue weighted by molar-refractivity contribution is -0.139. The summed E-state index contributed by atoms with van der Waals surface area (Å²) in [5.41, 5.74) is 0.540. The van der Waals surface area contributed by atoms with E-state index in [0.29, 0.717) is 28.6 Å². The van der Waals surface area contributed by atoms with Crippen LogP contribution in [-0.2, 0) is 16.6 Å². The van der Waals surface area contributed by atoms with Crippen LogP contribution in [0.5, 0.6) is 0 Å². The van der Waals surface area contributed by atoms with Gasteiger partial charge in [0.05, 0.1) is 11.5 Å². The highest BCUT2D eigenvalue weighted by atomic mass is 35.5. The first kappa shape index (κ1) is 24.6. The molecule has 1 aromatic heterocycles. The predicted octanol–water partition coefficient (Wildman–Crippen LogP) is 6.46. The third-order valence-electron chi connectivity index (χ3n) is 7.44. The SMILES string of the molecule is CCC(CC)[C@@]1(c2cccc(Cl)c2)C[C@](C)(Cc2cc(=O)[nH]o2)C(=O)N[C@H]1c1ccc(Cl)cc1. The van der Waals surface area contributed by atoms with Crippen LogP contribution in [-0.4, -0.2) is 11.1 Å². The van der Waals surface area contributed by atoms with Crippen molar-refractivity contribution in [2.45, 2.75) is 57.9 Å². The molecule has 1 aliphatic heterocycles. The first-order valence-electron chi connectivity index (χ1n) is 11.7. The summed E-state index contributed by atoms with van der Waals surface area (Å²) in [7, 11) is 0. The summed E-state index contributed by atoms with van der Waals surface area (Å²) in [6.07, 6.45) is 2.74. The fourth-order valence-corrected chi connectivity index (χ4v) is 6.23. The molecule has 2 N–H and O–H groups in total. The van der Waals surface area contributed by atoms with E-state index in [0.717, 1.165) is 24.0 Å². The predicted molar refractivity (Wildman–Crippen MR) is 135 cm³/mol. The van der Waals surface area contributed by atoms with E-state index in [1.165, 1.54) is 6.07 Å². The highest BCUT2D eigenvalue weighted by Gasteiger charge is 2.56. The third kappa shape index (κ3) is 4.44. The van der Waals surface area contributed by atoms with Gasteiger partial charge in [0, 0.05) is 27.9 Å². The van der Waals surface area contributed by atoms with Crippen molar-refractivity contribution in [1.82, 2.24) is 10.5 Å². The number of carbonyl (C=O) groups excluding carboxylic acids is 1. The van der Waals surface area contributed by atoms with Crippen molar-refractivity contribution in [2.24, 2.45) is 11.3 Å². The highest BCUT2D eigenvalue weighted by molar-refractivity contribution is 6.30. The molecule has 2 heterocycles. The Morgan fingerprint density at radius 1 is 1.03 bits per heavy atom. The second-order valence-corrected chi connectivity index (χ2v) is 10.5. The Kier molecular flexibility index (Phi) is 6.97. The number of carbonyl (C=O) groups is 1. The van der Waals surface area contributed by atoms with Crippen molar-refractivity contribution in [3.63, 3.8) is 0 Å². The number of piperidine rings is 1. The van der Waals surface area contributed by atoms with Crippen LogP contribution >= 0.6 is 23.2 Å². The van der Waals surface area contributed by atoms with Gasteiger partial charge >= 0.3 is 0 Å². The first-order valence-corrected chi connectivity index (χ1v) is 12.5. The van der Waals surface area contributed by atoms with E-state index in [2.05, 4.69) is 30.4 Å². The van der Waals surface area contributed by atoms with Gasteiger partial charge in [0.15, 0.2) is 0 Å². The lowest BCUT2D eigenvalue weighted by atomic mass is 9.53. The zero-order valence-electron chi connectivity index (χ0n) is 19.7. The zero-order chi connectivity index (χ0) is 24.5. The molecule has 0 saturated carbocycles. The van der Waals surface area contributed by atoms with E-state index in [1.807, 2.05) is 49.4 Å². The Morgan fingerprint density at radius 3 is 2.32 bits per heavy atom. The highest BCUT2D eigenvalue weighted by Crippen LogP contribution is 2.56. The van der Waals surface area contributed by atoms with Crippen LogP contribution in [0.3, 0.4) is 0 Å². The quantitative estimate of drug-likeness (QED) is 0.390. The van der Waals surface area contributed by atoms with Gasteiger partial charge in [0.2, 0.25) is 5.91 Å². The van der Waals surface area contributed by atoms with Crippen molar-refractivity contribution in [3.8, 4) is 0 Å². The molecule has 1 fully saturated rings. The van der Waals surface area contributed by atoms with Gasteiger partial charge < -0.3 is 9.84 Å². The molecule has 3 atom stereocenters. The standard InChI is InChI=1S/C27H30Cl2N2O3/c1-4-18(5-2)27(19-7-6-8-21(29)13-19)16-26(3,15-22-14-23(32)31-34-22)25(33)30-24(27)17-9-11-20(28)12-10-17/h6-14,18,24H,4-5,15-16H2,1-3H3,(H,30,33)(H,31,32)/t24-,26-,27+/m0/s1. The molecular weight excluding hydrogens is 471 g/mol. The largest absolute Gasteiger partial charge is 0.384 e. The van der Waals surface area contributed by atoms with E-state index in [1.54, 1.807) is 0 Å². The molecule has 1 amide bonds. The second-order valence-electron chi connectivity index (χ2n) is 9.62. The van der Waals surface area contributed by atoms with Crippen LogP contribution in [0.25, 0.3) is 0 Å². The molecule has 3 aromatic rings. The number of aromatic amines is 1. The third-order valence-corrected chi connectivity index (χ3v) is 7.93. The van der Waals surface area contributed by atoms with Gasteiger partial charge in [-0.2, -0.15) is 5.16 Å². The second kappa shape index (κ2) is 9.63. The number of hydrogen-bond donors (Lipinski definition) is 2. The molecule has 0 spiro atoms. The van der Waals surface area contributed by atoms with E-state index >= 15 is 0 Å². The van der Waals surface area contributed by atoms with Gasteiger partial charge in [-0.1, -0.05) is 81.1 Å². The summed E-state index contributed by atoms with van der Waals surface area (Å²) in [6.45, 7) is 6.34. The number of hydrogen-bond acceptors (Lipinski definition) is 3. The molecule has 34 heavy (non-hydrogen) atoms. The first-order chi connectivity index (χ1) is 16.2. The van der Waals surface area contributed by atoms with Crippen LogP contribution in [0.1, 0.15) is 63.0 Å². The summed E-state index contributed by atoms with van der Waals surface area (Å²) >= 11 is 12.7. The monoisotopic (exact) mass is 500 g/mol. The van der Waals surface area contributed by atoms with Crippen molar-refractivity contribution in [1.29, 1.82) is 0 Å². The zero-order valence-corrected chi connectivity index (χ0v) is 21.2. The maximum absolute atomic E-state index is 13.7. The van der Waals surface area contributed by atoms with Crippen LogP contribution in [0.15, 0.2) is 63.9 Å². The number of H-pyrrole nitrogens is 1. The minimum absolute atomic E-state index is 0.0695. The normalized spacial score (nSPS) is 24.9. The lowest BCUT2D eigenvalue weighted by Gasteiger charge is -2.55. The molecule has 0 radical (unpaired) electrons. The molecule has 5 nitrogen and oxygen atoms in total. The summed E-state index contributed by atoms with van der Waals surface area (Å²) in [6, 6.07) is 16.8. The topological polar surface area (TPSA) is 75.1 Å². The van der Waals surface area contributed by atoms with Gasteiger partial charge in [-0.25, -0.2) is 0 Å². The van der Waals surface area contributed by atoms with E-state index in [4.69, 9.17) is 27.7 Å². The van der Waals surface area contributed by atoms with E-state index in [9.17, 15) is 9.59 Å². The molecule has 2 aromatic carbocycles. The molecule has 1 saturated heterocycles. The van der Waals surface area contributed by atoms with Crippen LogP contribution in [0.2, 0.25) is 10.0 Å². The molecule has 1 aliphatic rings. The molecule has 0 aliphatic carbocycles. The van der Waals surface area contributed by atoms with Gasteiger partial charge in [0.25, 0.3) is 5.56 Å². The van der Waals surface area contributed by atoms with E-state index < -0.39 is 10.8 Å². The maximum atomic E-state index is 13.7. The number of rotatable bonds is 7. The molecule has 7 heteroatoms. The van der Waals surface area contributed by atoms with Crippen LogP contribution in [0, 0.1) is 11.3 Å². The molecule has 0 bridgehead atoms. The minimum Gasteiger partial charge on any atom is -0.384 e. The average Bonchev–Trinajstić information content (AvgIpc) is 3.21. The van der Waals surface area contributed by atoms with Gasteiger partial charge in [-0.3, -0.25) is 9.59 Å². The fourth-order valence-electron chi connectivity index (χ4n) is 5.91. The number of nitrogens with one attached hydrogen (secondary N) is 2. The number of benzene rings is 2. The Bertz CT molecular complexity index is 1210. The van der Waals surface area contributed by atoms with Gasteiger partial charge in [-0.05, 0) is 47.7 Å². The average molecular weight is 501 g/mol. The van der Waals surface area contributed by atoms with E-state index in [-0.39, 0.29) is 23.4 Å². The smallest absolute Gasteiger partial charge is 0.280 e. The Morgan fingerprint density at radius 2 is 1.74 bits per heavy atom. The molecular formula is C27H30Cl2N2O3. The van der Waals surface area contributed by atoms with Crippen molar-refractivity contribution < 1.29 is 9.32 Å². The van der Waals surface area contributed by atoms with Crippen molar-refractivity contribution >= 4 is 29.1 Å². The van der Waals surface area contributed by atoms with Crippen molar-refractivity contribution in [3.05, 3.63) is 91.9 Å². The fraction of sp³-hybridized carbons (Fsp3) is 0.407. The molecule has 180 valence electrons. The lowest BCUT2D eigenvalue weighted by Crippen LogP contribution is -2.60. The minimum atomic E-state index is -0.800. The van der Waals surface area contributed by atoms with Gasteiger partial charge in [0.1, 0.15) is 5.76 Å². The summed E-state index contributed by atoms with van der Waals surface area (Å²) in [5, 5.41) is 7.02.